The van der Waals surface area contributed by atoms with Crippen molar-refractivity contribution < 1.29 is 22.3 Å². The number of sulfonamides is 1. The van der Waals surface area contributed by atoms with Gasteiger partial charge < -0.3 is 10.1 Å². The molecule has 1 amide bonds. The fourth-order valence-electron chi connectivity index (χ4n) is 2.45. The highest BCUT2D eigenvalue weighted by atomic mass is 32.2. The Bertz CT molecular complexity index is 852. The van der Waals surface area contributed by atoms with Gasteiger partial charge in [0.2, 0.25) is 15.9 Å². The van der Waals surface area contributed by atoms with E-state index in [4.69, 9.17) is 4.74 Å². The Kier molecular flexibility index (Phi) is 7.32. The van der Waals surface area contributed by atoms with Gasteiger partial charge in [0.15, 0.2) is 0 Å². The third kappa shape index (κ3) is 5.77. The maximum absolute atomic E-state index is 13.1. The summed E-state index contributed by atoms with van der Waals surface area (Å²) in [5, 5.41) is 2.71. The summed E-state index contributed by atoms with van der Waals surface area (Å²) in [5.74, 6) is -0.220. The average molecular weight is 394 g/mol. The van der Waals surface area contributed by atoms with Crippen LogP contribution in [-0.4, -0.2) is 38.8 Å². The number of nitrogens with zero attached hydrogens (tertiary/aromatic N) is 1. The van der Waals surface area contributed by atoms with E-state index in [1.54, 1.807) is 19.2 Å². The Labute approximate surface area is 159 Å². The van der Waals surface area contributed by atoms with E-state index in [1.165, 1.54) is 12.1 Å². The molecule has 146 valence electrons. The molecule has 27 heavy (non-hydrogen) atoms. The van der Waals surface area contributed by atoms with E-state index in [-0.39, 0.29) is 24.5 Å². The van der Waals surface area contributed by atoms with Crippen molar-refractivity contribution in [2.24, 2.45) is 0 Å². The second kappa shape index (κ2) is 9.48. The van der Waals surface area contributed by atoms with Gasteiger partial charge in [0.25, 0.3) is 0 Å². The lowest BCUT2D eigenvalue weighted by molar-refractivity contribution is -0.121. The number of carbonyl (C=O) groups is 1. The summed E-state index contributed by atoms with van der Waals surface area (Å²) in [7, 11) is -2.31. The van der Waals surface area contributed by atoms with Crippen molar-refractivity contribution in [3.8, 4) is 5.75 Å². The Hall–Kier alpha value is -2.45. The normalized spacial score (nSPS) is 11.4. The molecular weight excluding hydrogens is 371 g/mol. The van der Waals surface area contributed by atoms with E-state index < -0.39 is 21.7 Å². The van der Waals surface area contributed by atoms with Crippen LogP contribution in [0.5, 0.6) is 5.75 Å². The zero-order valence-electron chi connectivity index (χ0n) is 15.3. The summed E-state index contributed by atoms with van der Waals surface area (Å²) in [6.45, 7) is 1.99. The lowest BCUT2D eigenvalue weighted by atomic mass is 10.2. The van der Waals surface area contributed by atoms with E-state index in [0.717, 1.165) is 22.0 Å². The Morgan fingerprint density at radius 3 is 2.30 bits per heavy atom. The zero-order chi connectivity index (χ0) is 19.9. The molecule has 0 heterocycles. The molecule has 2 rings (SSSR count). The standard InChI is InChI=1S/C19H23FN2O4S/c1-3-12-22(27(24,25)18-10-6-16(20)7-11-18)14-19(23)21-13-15-4-8-17(26-2)9-5-15/h4-11H,3,12-14H2,1-2H3,(H,21,23). The molecule has 0 aliphatic heterocycles. The fourth-order valence-corrected chi connectivity index (χ4v) is 3.94. The molecule has 2 aromatic carbocycles. The van der Waals surface area contributed by atoms with Gasteiger partial charge in [0, 0.05) is 13.1 Å². The van der Waals surface area contributed by atoms with E-state index >= 15 is 0 Å². The number of hydrogen-bond donors (Lipinski definition) is 1. The lowest BCUT2D eigenvalue weighted by Crippen LogP contribution is -2.40. The first-order valence-electron chi connectivity index (χ1n) is 8.52. The Morgan fingerprint density at radius 2 is 1.74 bits per heavy atom. The number of ether oxygens (including phenoxy) is 1. The SMILES string of the molecule is CCCN(CC(=O)NCc1ccc(OC)cc1)S(=O)(=O)c1ccc(F)cc1. The van der Waals surface area contributed by atoms with Crippen molar-refractivity contribution in [2.45, 2.75) is 24.8 Å². The van der Waals surface area contributed by atoms with Crippen LogP contribution in [0.25, 0.3) is 0 Å². The van der Waals surface area contributed by atoms with Crippen LogP contribution in [0, 0.1) is 5.82 Å². The van der Waals surface area contributed by atoms with E-state index in [1.807, 2.05) is 19.1 Å². The maximum atomic E-state index is 13.1. The summed E-state index contributed by atoms with van der Waals surface area (Å²) < 4.78 is 44.7. The molecule has 0 aromatic heterocycles. The monoisotopic (exact) mass is 394 g/mol. The number of carbonyl (C=O) groups excluding carboxylic acids is 1. The van der Waals surface area contributed by atoms with Crippen LogP contribution < -0.4 is 10.1 Å². The summed E-state index contributed by atoms with van der Waals surface area (Å²) in [6.07, 6.45) is 0.548. The van der Waals surface area contributed by atoms with Crippen LogP contribution in [0.2, 0.25) is 0 Å². The molecule has 0 spiro atoms. The van der Waals surface area contributed by atoms with Gasteiger partial charge in [-0.3, -0.25) is 4.79 Å². The average Bonchev–Trinajstić information content (AvgIpc) is 2.66. The van der Waals surface area contributed by atoms with Crippen molar-refractivity contribution in [3.63, 3.8) is 0 Å². The van der Waals surface area contributed by atoms with Crippen LogP contribution in [0.4, 0.5) is 4.39 Å². The van der Waals surface area contributed by atoms with Gasteiger partial charge >= 0.3 is 0 Å². The highest BCUT2D eigenvalue weighted by molar-refractivity contribution is 7.89. The maximum Gasteiger partial charge on any atom is 0.243 e. The van der Waals surface area contributed by atoms with Gasteiger partial charge in [-0.2, -0.15) is 4.31 Å². The van der Waals surface area contributed by atoms with Crippen molar-refractivity contribution in [1.82, 2.24) is 9.62 Å². The summed E-state index contributed by atoms with van der Waals surface area (Å²) in [6, 6.07) is 11.8. The third-order valence-electron chi connectivity index (χ3n) is 3.89. The number of benzene rings is 2. The van der Waals surface area contributed by atoms with Gasteiger partial charge in [-0.15, -0.1) is 0 Å². The molecule has 0 saturated heterocycles. The number of methoxy groups -OCH3 is 1. The quantitative estimate of drug-likeness (QED) is 0.709. The van der Waals surface area contributed by atoms with Crippen molar-refractivity contribution >= 4 is 15.9 Å². The van der Waals surface area contributed by atoms with Gasteiger partial charge in [-0.05, 0) is 48.4 Å². The molecule has 0 bridgehead atoms. The van der Waals surface area contributed by atoms with E-state index in [2.05, 4.69) is 5.32 Å². The molecule has 0 unspecified atom stereocenters. The molecule has 0 atom stereocenters. The molecule has 8 heteroatoms. The van der Waals surface area contributed by atoms with E-state index in [9.17, 15) is 17.6 Å². The first kappa shape index (κ1) is 20.9. The summed E-state index contributed by atoms with van der Waals surface area (Å²) in [5.41, 5.74) is 0.868. The molecule has 0 aliphatic carbocycles. The smallest absolute Gasteiger partial charge is 0.243 e. The second-order valence-electron chi connectivity index (χ2n) is 5.92. The van der Waals surface area contributed by atoms with Crippen LogP contribution in [0.15, 0.2) is 53.4 Å². The highest BCUT2D eigenvalue weighted by Gasteiger charge is 2.25. The molecule has 0 saturated carbocycles. The molecule has 1 N–H and O–H groups in total. The van der Waals surface area contributed by atoms with Crippen molar-refractivity contribution in [1.29, 1.82) is 0 Å². The predicted molar refractivity (Wildman–Crippen MR) is 100 cm³/mol. The summed E-state index contributed by atoms with van der Waals surface area (Å²) in [4.78, 5) is 12.2. The van der Waals surface area contributed by atoms with Crippen molar-refractivity contribution in [2.75, 3.05) is 20.2 Å². The van der Waals surface area contributed by atoms with Gasteiger partial charge in [0.1, 0.15) is 11.6 Å². The molecule has 0 aliphatic rings. The Balaban J connectivity index is 2.03. The fraction of sp³-hybridized carbons (Fsp3) is 0.316. The largest absolute Gasteiger partial charge is 0.497 e. The van der Waals surface area contributed by atoms with Crippen LogP contribution >= 0.6 is 0 Å². The lowest BCUT2D eigenvalue weighted by Gasteiger charge is -2.21. The van der Waals surface area contributed by atoms with E-state index in [0.29, 0.717) is 12.2 Å². The number of rotatable bonds is 9. The molecule has 6 nitrogen and oxygen atoms in total. The minimum Gasteiger partial charge on any atom is -0.497 e. The highest BCUT2D eigenvalue weighted by Crippen LogP contribution is 2.16. The van der Waals surface area contributed by atoms with Crippen LogP contribution in [-0.2, 0) is 21.4 Å². The third-order valence-corrected chi connectivity index (χ3v) is 5.75. The molecule has 2 aromatic rings. The summed E-state index contributed by atoms with van der Waals surface area (Å²) >= 11 is 0. The molecule has 0 radical (unpaired) electrons. The van der Waals surface area contributed by atoms with Crippen molar-refractivity contribution in [3.05, 3.63) is 59.9 Å². The Morgan fingerprint density at radius 1 is 1.11 bits per heavy atom. The molecular formula is C19H23FN2O4S. The topological polar surface area (TPSA) is 75.7 Å². The number of amides is 1. The minimum atomic E-state index is -3.88. The second-order valence-corrected chi connectivity index (χ2v) is 7.86. The minimum absolute atomic E-state index is 0.0414. The van der Waals surface area contributed by atoms with Crippen LogP contribution in [0.1, 0.15) is 18.9 Å². The van der Waals surface area contributed by atoms with Gasteiger partial charge in [-0.1, -0.05) is 19.1 Å². The molecule has 0 fully saturated rings. The predicted octanol–water partition coefficient (Wildman–Crippen LogP) is 2.55. The number of nitrogens with one attached hydrogen (secondary N) is 1. The van der Waals surface area contributed by atoms with Crippen LogP contribution in [0.3, 0.4) is 0 Å². The first-order valence-corrected chi connectivity index (χ1v) is 9.96. The first-order chi connectivity index (χ1) is 12.9. The zero-order valence-corrected chi connectivity index (χ0v) is 16.1. The number of hydrogen-bond acceptors (Lipinski definition) is 4. The van der Waals surface area contributed by atoms with Gasteiger partial charge in [0.05, 0.1) is 18.6 Å². The van der Waals surface area contributed by atoms with Gasteiger partial charge in [-0.25, -0.2) is 12.8 Å². The number of halogens is 1.